The molecule has 0 saturated carbocycles. The number of hydrogen-bond acceptors (Lipinski definition) is 5. The summed E-state index contributed by atoms with van der Waals surface area (Å²) in [5.41, 5.74) is 0.870. The molecule has 6 nitrogen and oxygen atoms in total. The van der Waals surface area contributed by atoms with E-state index in [1.165, 1.54) is 16.2 Å². The van der Waals surface area contributed by atoms with Crippen molar-refractivity contribution in [2.45, 2.75) is 19.9 Å². The van der Waals surface area contributed by atoms with E-state index < -0.39 is 17.7 Å². The monoisotopic (exact) mass is 386 g/mol. The molecule has 27 heavy (non-hydrogen) atoms. The fourth-order valence-corrected chi connectivity index (χ4v) is 4.10. The van der Waals surface area contributed by atoms with Crippen LogP contribution in [0, 0.1) is 0 Å². The van der Waals surface area contributed by atoms with Crippen LogP contribution in [0.25, 0.3) is 0 Å². The number of carbonyl (C=O) groups excluding carboxylic acids is 2. The van der Waals surface area contributed by atoms with Crippen LogP contribution in [0.3, 0.4) is 0 Å². The molecule has 1 amide bonds. The lowest BCUT2D eigenvalue weighted by Crippen LogP contribution is -3.12. The third kappa shape index (κ3) is 3.79. The molecule has 0 radical (unpaired) electrons. The zero-order valence-corrected chi connectivity index (χ0v) is 16.3. The smallest absolute Gasteiger partial charge is 0.290 e. The molecule has 1 aliphatic heterocycles. The van der Waals surface area contributed by atoms with Gasteiger partial charge in [-0.2, -0.15) is 0 Å². The highest BCUT2D eigenvalue weighted by Gasteiger charge is 2.44. The molecule has 3 heterocycles. The second-order valence-corrected chi connectivity index (χ2v) is 7.41. The van der Waals surface area contributed by atoms with Gasteiger partial charge in [0.2, 0.25) is 5.78 Å². The van der Waals surface area contributed by atoms with Gasteiger partial charge in [0.1, 0.15) is 0 Å². The molecule has 142 valence electrons. The molecule has 0 aliphatic carbocycles. The van der Waals surface area contributed by atoms with Crippen molar-refractivity contribution in [3.8, 4) is 0 Å². The molecular formula is C20H24N3O3S+. The van der Waals surface area contributed by atoms with Gasteiger partial charge in [-0.15, -0.1) is 11.3 Å². The number of aromatic nitrogens is 1. The molecule has 1 atom stereocenters. The molecular weight excluding hydrogens is 362 g/mol. The molecule has 2 aromatic heterocycles. The topological polar surface area (TPSA) is 74.9 Å². The number of nitrogens with one attached hydrogen (secondary N) is 1. The van der Waals surface area contributed by atoms with Crippen LogP contribution in [0.15, 0.2) is 53.4 Å². The van der Waals surface area contributed by atoms with E-state index in [0.717, 1.165) is 25.2 Å². The fraction of sp³-hybridized carbons (Fsp3) is 0.350. The second-order valence-electron chi connectivity index (χ2n) is 6.46. The maximum Gasteiger partial charge on any atom is 0.290 e. The Morgan fingerprint density at radius 2 is 2.07 bits per heavy atom. The Labute approximate surface area is 162 Å². The Hall–Kier alpha value is -2.51. The largest absolute Gasteiger partial charge is 0.503 e. The Bertz CT molecular complexity index is 829. The van der Waals surface area contributed by atoms with Crippen molar-refractivity contribution in [3.63, 3.8) is 0 Å². The van der Waals surface area contributed by atoms with Crippen molar-refractivity contribution >= 4 is 23.0 Å². The third-order valence-corrected chi connectivity index (χ3v) is 5.87. The van der Waals surface area contributed by atoms with Crippen LogP contribution in [0.4, 0.5) is 0 Å². The number of quaternary nitrogens is 1. The van der Waals surface area contributed by atoms with Crippen molar-refractivity contribution < 1.29 is 19.6 Å². The fourth-order valence-electron chi connectivity index (χ4n) is 3.42. The van der Waals surface area contributed by atoms with Crippen molar-refractivity contribution in [2.75, 3.05) is 26.2 Å². The summed E-state index contributed by atoms with van der Waals surface area (Å²) in [5, 5.41) is 12.4. The van der Waals surface area contributed by atoms with Gasteiger partial charge in [-0.05, 0) is 36.9 Å². The van der Waals surface area contributed by atoms with E-state index in [4.69, 9.17) is 0 Å². The van der Waals surface area contributed by atoms with Gasteiger partial charge in [-0.25, -0.2) is 0 Å². The molecule has 0 aromatic carbocycles. The summed E-state index contributed by atoms with van der Waals surface area (Å²) >= 11 is 1.30. The van der Waals surface area contributed by atoms with E-state index in [2.05, 4.69) is 18.8 Å². The molecule has 3 rings (SSSR count). The highest BCUT2D eigenvalue weighted by molar-refractivity contribution is 7.12. The minimum absolute atomic E-state index is 0.144. The van der Waals surface area contributed by atoms with Crippen molar-refractivity contribution in [2.24, 2.45) is 0 Å². The third-order valence-electron chi connectivity index (χ3n) is 5.00. The predicted octanol–water partition coefficient (Wildman–Crippen LogP) is 1.65. The van der Waals surface area contributed by atoms with E-state index in [9.17, 15) is 14.7 Å². The predicted molar refractivity (Wildman–Crippen MR) is 104 cm³/mol. The number of likely N-dealkylation sites (N-methyl/N-ethyl adjacent to an activating group) is 1. The molecule has 0 bridgehead atoms. The summed E-state index contributed by atoms with van der Waals surface area (Å²) in [5.74, 6) is -1.24. The van der Waals surface area contributed by atoms with Crippen molar-refractivity contribution in [1.82, 2.24) is 9.88 Å². The molecule has 2 aromatic rings. The number of pyridine rings is 1. The minimum Gasteiger partial charge on any atom is -0.503 e. The maximum absolute atomic E-state index is 13.0. The highest BCUT2D eigenvalue weighted by atomic mass is 32.1. The maximum atomic E-state index is 13.0. The quantitative estimate of drug-likeness (QED) is 0.677. The first kappa shape index (κ1) is 19.3. The standard InChI is InChI=1S/C20H23N3O3S/c1-3-22(4-2)10-11-23-17(14-7-5-9-21-13-14)16(19(25)20(23)26)18(24)15-8-6-12-27-15/h5-9,12-13,17,25H,3-4,10-11H2,1-2H3/p+1/t17-/m0/s1. The van der Waals surface area contributed by atoms with Crippen LogP contribution in [-0.4, -0.2) is 52.9 Å². The number of aliphatic hydroxyl groups excluding tert-OH is 1. The summed E-state index contributed by atoms with van der Waals surface area (Å²) < 4.78 is 0. The Morgan fingerprint density at radius 1 is 1.30 bits per heavy atom. The highest BCUT2D eigenvalue weighted by Crippen LogP contribution is 2.38. The summed E-state index contributed by atoms with van der Waals surface area (Å²) in [6.45, 7) is 7.33. The van der Waals surface area contributed by atoms with E-state index >= 15 is 0 Å². The first-order valence-corrected chi connectivity index (χ1v) is 10.0. The number of nitrogens with zero attached hydrogens (tertiary/aromatic N) is 2. The summed E-state index contributed by atoms with van der Waals surface area (Å²) in [4.78, 5) is 33.4. The normalized spacial score (nSPS) is 17.2. The van der Waals surface area contributed by atoms with E-state index in [0.29, 0.717) is 11.4 Å². The van der Waals surface area contributed by atoms with Crippen LogP contribution >= 0.6 is 11.3 Å². The summed E-state index contributed by atoms with van der Waals surface area (Å²) in [6.07, 6.45) is 3.30. The van der Waals surface area contributed by atoms with Gasteiger partial charge < -0.3 is 14.9 Å². The van der Waals surface area contributed by atoms with Gasteiger partial charge in [0, 0.05) is 12.4 Å². The Morgan fingerprint density at radius 3 is 2.67 bits per heavy atom. The van der Waals surface area contributed by atoms with Gasteiger partial charge in [-0.3, -0.25) is 14.6 Å². The number of aliphatic hydroxyl groups is 1. The minimum atomic E-state index is -0.615. The molecule has 7 heteroatoms. The number of amides is 1. The zero-order chi connectivity index (χ0) is 19.4. The molecule has 0 fully saturated rings. The lowest BCUT2D eigenvalue weighted by atomic mass is 9.96. The van der Waals surface area contributed by atoms with Crippen LogP contribution in [0.1, 0.15) is 35.1 Å². The Balaban J connectivity index is 1.98. The van der Waals surface area contributed by atoms with Crippen molar-refractivity contribution in [3.05, 3.63) is 63.8 Å². The SMILES string of the molecule is CC[NH+](CC)CCN1C(=O)C(O)=C(C(=O)c2cccs2)[C@@H]1c1cccnc1. The van der Waals surface area contributed by atoms with E-state index in [-0.39, 0.29) is 11.4 Å². The van der Waals surface area contributed by atoms with Gasteiger partial charge in [-0.1, -0.05) is 12.1 Å². The van der Waals surface area contributed by atoms with E-state index in [1.54, 1.807) is 35.5 Å². The Kier molecular flexibility index (Phi) is 6.03. The number of rotatable bonds is 8. The van der Waals surface area contributed by atoms with E-state index in [1.807, 2.05) is 11.4 Å². The number of thiophene rings is 1. The number of ketones is 1. The van der Waals surface area contributed by atoms with Crippen LogP contribution < -0.4 is 4.90 Å². The summed E-state index contributed by atoms with van der Waals surface area (Å²) in [7, 11) is 0. The number of Topliss-reactive ketones (excluding diaryl/α,β-unsaturated/α-hetero) is 1. The van der Waals surface area contributed by atoms with Gasteiger partial charge in [0.25, 0.3) is 5.91 Å². The molecule has 0 unspecified atom stereocenters. The van der Waals surface area contributed by atoms with Crippen molar-refractivity contribution in [1.29, 1.82) is 0 Å². The average Bonchev–Trinajstić information content (AvgIpc) is 3.31. The number of hydrogen-bond donors (Lipinski definition) is 2. The first-order chi connectivity index (χ1) is 13.1. The molecule has 0 spiro atoms. The zero-order valence-electron chi connectivity index (χ0n) is 15.5. The number of carbonyl (C=O) groups is 2. The van der Waals surface area contributed by atoms with Crippen LogP contribution in [0.2, 0.25) is 0 Å². The van der Waals surface area contributed by atoms with Crippen LogP contribution in [0.5, 0.6) is 0 Å². The lowest BCUT2D eigenvalue weighted by molar-refractivity contribution is -0.895. The lowest BCUT2D eigenvalue weighted by Gasteiger charge is -2.27. The first-order valence-electron chi connectivity index (χ1n) is 9.14. The molecule has 2 N–H and O–H groups in total. The molecule has 1 aliphatic rings. The molecule has 0 saturated heterocycles. The summed E-state index contributed by atoms with van der Waals surface area (Å²) in [6, 6.07) is 6.49. The van der Waals surface area contributed by atoms with Crippen LogP contribution in [-0.2, 0) is 4.79 Å². The van der Waals surface area contributed by atoms with Gasteiger partial charge in [0.15, 0.2) is 5.76 Å². The average molecular weight is 386 g/mol. The van der Waals surface area contributed by atoms with Gasteiger partial charge in [0.05, 0.1) is 42.7 Å². The van der Waals surface area contributed by atoms with Gasteiger partial charge >= 0.3 is 0 Å². The second kappa shape index (κ2) is 8.45.